The second-order valence-corrected chi connectivity index (χ2v) is 6.77. The Morgan fingerprint density at radius 2 is 1.78 bits per heavy atom. The van der Waals surface area contributed by atoms with Crippen LogP contribution in [0.4, 0.5) is 0 Å². The van der Waals surface area contributed by atoms with Crippen LogP contribution in [-0.4, -0.2) is 40.3 Å². The van der Waals surface area contributed by atoms with E-state index in [0.717, 1.165) is 35.1 Å². The number of hydrogen-bond acceptors (Lipinski definition) is 4. The summed E-state index contributed by atoms with van der Waals surface area (Å²) < 4.78 is 5.20. The number of aromatic nitrogens is 3. The number of halogens is 1. The highest BCUT2D eigenvalue weighted by atomic mass is 35.5. The molecule has 0 radical (unpaired) electrons. The number of nitrogens with one attached hydrogen (secondary N) is 1. The SMILES string of the molecule is COc1ccc(-c2nc(-c3cccc(CN4CCCCC4)c3)n[nH]2)cc1.Cl. The van der Waals surface area contributed by atoms with E-state index in [9.17, 15) is 0 Å². The third-order valence-electron chi connectivity index (χ3n) is 4.89. The predicted octanol–water partition coefficient (Wildman–Crippen LogP) is 4.56. The van der Waals surface area contributed by atoms with E-state index in [-0.39, 0.29) is 12.4 Å². The normalized spacial score (nSPS) is 14.6. The first kappa shape index (κ1) is 19.4. The molecule has 1 fully saturated rings. The maximum absolute atomic E-state index is 5.20. The third kappa shape index (κ3) is 4.67. The minimum atomic E-state index is 0. The number of nitrogens with zero attached hydrogens (tertiary/aromatic N) is 3. The fourth-order valence-electron chi connectivity index (χ4n) is 3.45. The summed E-state index contributed by atoms with van der Waals surface area (Å²) in [6.07, 6.45) is 3.99. The Bertz CT molecular complexity index is 857. The summed E-state index contributed by atoms with van der Waals surface area (Å²) in [5.41, 5.74) is 3.37. The molecule has 0 spiro atoms. The molecular formula is C21H25ClN4O. The lowest BCUT2D eigenvalue weighted by Crippen LogP contribution is -2.29. The van der Waals surface area contributed by atoms with Crippen LogP contribution in [0.3, 0.4) is 0 Å². The maximum Gasteiger partial charge on any atom is 0.181 e. The van der Waals surface area contributed by atoms with Gasteiger partial charge in [0, 0.05) is 17.7 Å². The number of likely N-dealkylation sites (tertiary alicyclic amines) is 1. The van der Waals surface area contributed by atoms with E-state index in [4.69, 9.17) is 4.74 Å². The van der Waals surface area contributed by atoms with Crippen molar-refractivity contribution in [3.05, 3.63) is 54.1 Å². The van der Waals surface area contributed by atoms with Crippen molar-refractivity contribution in [1.82, 2.24) is 20.1 Å². The molecule has 1 saturated heterocycles. The van der Waals surface area contributed by atoms with Crippen LogP contribution in [0.2, 0.25) is 0 Å². The van der Waals surface area contributed by atoms with E-state index in [2.05, 4.69) is 44.3 Å². The summed E-state index contributed by atoms with van der Waals surface area (Å²) >= 11 is 0. The molecule has 142 valence electrons. The van der Waals surface area contributed by atoms with Crippen molar-refractivity contribution in [2.45, 2.75) is 25.8 Å². The summed E-state index contributed by atoms with van der Waals surface area (Å²) in [6.45, 7) is 3.41. The molecule has 1 aliphatic rings. The number of H-pyrrole nitrogens is 1. The van der Waals surface area contributed by atoms with Gasteiger partial charge in [-0.3, -0.25) is 10.00 Å². The van der Waals surface area contributed by atoms with Gasteiger partial charge < -0.3 is 4.74 Å². The molecule has 5 nitrogen and oxygen atoms in total. The lowest BCUT2D eigenvalue weighted by Gasteiger charge is -2.26. The Morgan fingerprint density at radius 1 is 1.00 bits per heavy atom. The van der Waals surface area contributed by atoms with E-state index < -0.39 is 0 Å². The van der Waals surface area contributed by atoms with Gasteiger partial charge >= 0.3 is 0 Å². The van der Waals surface area contributed by atoms with E-state index in [1.165, 1.54) is 37.9 Å². The molecule has 1 aliphatic heterocycles. The first-order chi connectivity index (χ1) is 12.8. The molecule has 27 heavy (non-hydrogen) atoms. The van der Waals surface area contributed by atoms with Crippen LogP contribution in [0.1, 0.15) is 24.8 Å². The summed E-state index contributed by atoms with van der Waals surface area (Å²) in [7, 11) is 1.67. The van der Waals surface area contributed by atoms with Gasteiger partial charge in [0.05, 0.1) is 7.11 Å². The first-order valence-electron chi connectivity index (χ1n) is 9.20. The highest BCUT2D eigenvalue weighted by molar-refractivity contribution is 5.85. The van der Waals surface area contributed by atoms with Crippen LogP contribution in [0.15, 0.2) is 48.5 Å². The van der Waals surface area contributed by atoms with Crippen molar-refractivity contribution >= 4 is 12.4 Å². The Hall–Kier alpha value is -2.37. The van der Waals surface area contributed by atoms with Gasteiger partial charge in [-0.05, 0) is 61.8 Å². The zero-order valence-electron chi connectivity index (χ0n) is 15.5. The number of piperidine rings is 1. The van der Waals surface area contributed by atoms with Gasteiger partial charge in [0.1, 0.15) is 5.75 Å². The summed E-state index contributed by atoms with van der Waals surface area (Å²) in [5.74, 6) is 2.33. The average Bonchev–Trinajstić information content (AvgIpc) is 3.19. The third-order valence-corrected chi connectivity index (χ3v) is 4.89. The minimum Gasteiger partial charge on any atom is -0.497 e. The summed E-state index contributed by atoms with van der Waals surface area (Å²) in [4.78, 5) is 7.20. The topological polar surface area (TPSA) is 54.0 Å². The van der Waals surface area contributed by atoms with Crippen molar-refractivity contribution in [1.29, 1.82) is 0 Å². The molecule has 1 N–H and O–H groups in total. The standard InChI is InChI=1S/C21H24N4O.ClH/c1-26-19-10-8-17(9-11-19)20-22-21(24-23-20)18-7-5-6-16(14-18)15-25-12-3-2-4-13-25;/h5-11,14H,2-4,12-13,15H2,1H3,(H,22,23,24);1H. The quantitative estimate of drug-likeness (QED) is 0.700. The molecule has 0 bridgehead atoms. The van der Waals surface area contributed by atoms with E-state index >= 15 is 0 Å². The van der Waals surface area contributed by atoms with Crippen LogP contribution in [0.25, 0.3) is 22.8 Å². The molecule has 0 unspecified atom stereocenters. The van der Waals surface area contributed by atoms with Gasteiger partial charge in [-0.1, -0.05) is 24.6 Å². The zero-order chi connectivity index (χ0) is 17.8. The van der Waals surface area contributed by atoms with Gasteiger partial charge in [0.25, 0.3) is 0 Å². The molecule has 2 aromatic carbocycles. The van der Waals surface area contributed by atoms with Crippen molar-refractivity contribution < 1.29 is 4.74 Å². The molecule has 3 aromatic rings. The van der Waals surface area contributed by atoms with Crippen molar-refractivity contribution in [2.24, 2.45) is 0 Å². The summed E-state index contributed by atoms with van der Waals surface area (Å²) in [6, 6.07) is 16.4. The monoisotopic (exact) mass is 384 g/mol. The minimum absolute atomic E-state index is 0. The Balaban J connectivity index is 0.00000210. The molecule has 0 aliphatic carbocycles. The Labute approximate surface area is 166 Å². The lowest BCUT2D eigenvalue weighted by molar-refractivity contribution is 0.221. The molecule has 6 heteroatoms. The van der Waals surface area contributed by atoms with Crippen molar-refractivity contribution in [3.8, 4) is 28.5 Å². The average molecular weight is 385 g/mol. The van der Waals surface area contributed by atoms with Gasteiger partial charge in [-0.2, -0.15) is 5.10 Å². The van der Waals surface area contributed by atoms with Crippen LogP contribution in [0, 0.1) is 0 Å². The summed E-state index contributed by atoms with van der Waals surface area (Å²) in [5, 5.41) is 7.46. The van der Waals surface area contributed by atoms with E-state index in [0.29, 0.717) is 0 Å². The predicted molar refractivity (Wildman–Crippen MR) is 110 cm³/mol. The number of rotatable bonds is 5. The second kappa shape index (κ2) is 9.02. The molecule has 0 atom stereocenters. The van der Waals surface area contributed by atoms with Crippen LogP contribution >= 0.6 is 12.4 Å². The fraction of sp³-hybridized carbons (Fsp3) is 0.333. The van der Waals surface area contributed by atoms with Crippen LogP contribution in [0.5, 0.6) is 5.75 Å². The molecule has 0 amide bonds. The molecule has 4 rings (SSSR count). The fourth-order valence-corrected chi connectivity index (χ4v) is 3.45. The molecule has 2 heterocycles. The Morgan fingerprint density at radius 3 is 2.52 bits per heavy atom. The van der Waals surface area contributed by atoms with Crippen LogP contribution < -0.4 is 4.74 Å². The highest BCUT2D eigenvalue weighted by Crippen LogP contribution is 2.23. The number of aromatic amines is 1. The van der Waals surface area contributed by atoms with Gasteiger partial charge in [-0.25, -0.2) is 4.98 Å². The van der Waals surface area contributed by atoms with Crippen molar-refractivity contribution in [3.63, 3.8) is 0 Å². The smallest absolute Gasteiger partial charge is 0.181 e. The van der Waals surface area contributed by atoms with Gasteiger partial charge in [0.15, 0.2) is 11.6 Å². The van der Waals surface area contributed by atoms with Crippen molar-refractivity contribution in [2.75, 3.05) is 20.2 Å². The van der Waals surface area contributed by atoms with Gasteiger partial charge in [0.2, 0.25) is 0 Å². The maximum atomic E-state index is 5.20. The first-order valence-corrected chi connectivity index (χ1v) is 9.20. The molecule has 1 aromatic heterocycles. The molecule has 0 saturated carbocycles. The number of hydrogen-bond donors (Lipinski definition) is 1. The largest absolute Gasteiger partial charge is 0.497 e. The van der Waals surface area contributed by atoms with Crippen LogP contribution in [-0.2, 0) is 6.54 Å². The lowest BCUT2D eigenvalue weighted by atomic mass is 10.1. The number of methoxy groups -OCH3 is 1. The number of ether oxygens (including phenoxy) is 1. The van der Waals surface area contributed by atoms with E-state index in [1.807, 2.05) is 24.3 Å². The Kier molecular flexibility index (Phi) is 6.48. The second-order valence-electron chi connectivity index (χ2n) is 6.77. The zero-order valence-corrected chi connectivity index (χ0v) is 16.3. The highest BCUT2D eigenvalue weighted by Gasteiger charge is 2.12. The van der Waals surface area contributed by atoms with E-state index in [1.54, 1.807) is 7.11 Å². The molecular weight excluding hydrogens is 360 g/mol. The number of benzene rings is 2. The van der Waals surface area contributed by atoms with Gasteiger partial charge in [-0.15, -0.1) is 12.4 Å².